The van der Waals surface area contributed by atoms with Crippen LogP contribution in [0, 0.1) is 6.57 Å². The molecular formula is C9H10N2O2S. The molecule has 0 atom stereocenters. The lowest BCUT2D eigenvalue weighted by atomic mass is 10.3. The first-order chi connectivity index (χ1) is 6.48. The summed E-state index contributed by atoms with van der Waals surface area (Å²) in [7, 11) is -0.431. The molecule has 0 saturated heterocycles. The summed E-state index contributed by atoms with van der Waals surface area (Å²) < 4.78 is 24.3. The summed E-state index contributed by atoms with van der Waals surface area (Å²) >= 11 is 0. The van der Waals surface area contributed by atoms with Crippen LogP contribution in [0.5, 0.6) is 0 Å². The molecule has 0 N–H and O–H groups in total. The van der Waals surface area contributed by atoms with E-state index in [1.165, 1.54) is 38.4 Å². The summed E-state index contributed by atoms with van der Waals surface area (Å²) in [4.78, 5) is 3.38. The van der Waals surface area contributed by atoms with Crippen molar-refractivity contribution in [2.75, 3.05) is 14.1 Å². The van der Waals surface area contributed by atoms with Gasteiger partial charge in [-0.15, -0.1) is 0 Å². The smallest absolute Gasteiger partial charge is 0.238 e. The van der Waals surface area contributed by atoms with Crippen LogP contribution < -0.4 is 0 Å². The minimum atomic E-state index is -3.37. The Morgan fingerprint density at radius 2 is 1.71 bits per heavy atom. The van der Waals surface area contributed by atoms with E-state index in [1.54, 1.807) is 0 Å². The van der Waals surface area contributed by atoms with E-state index in [4.69, 9.17) is 6.57 Å². The second kappa shape index (κ2) is 3.78. The van der Waals surface area contributed by atoms with Crippen molar-refractivity contribution in [3.63, 3.8) is 0 Å². The molecular weight excluding hydrogens is 200 g/mol. The van der Waals surface area contributed by atoms with Gasteiger partial charge in [0, 0.05) is 14.1 Å². The third kappa shape index (κ3) is 1.92. The predicted octanol–water partition coefficient (Wildman–Crippen LogP) is 1.49. The second-order valence-corrected chi connectivity index (χ2v) is 5.04. The molecule has 0 aliphatic rings. The maximum atomic E-state index is 11.6. The van der Waals surface area contributed by atoms with Crippen molar-refractivity contribution in [3.05, 3.63) is 35.7 Å². The van der Waals surface area contributed by atoms with Crippen molar-refractivity contribution in [1.82, 2.24) is 4.31 Å². The molecule has 0 heterocycles. The molecule has 0 aliphatic carbocycles. The second-order valence-electron chi connectivity index (χ2n) is 2.89. The van der Waals surface area contributed by atoms with Gasteiger partial charge in [0.1, 0.15) is 0 Å². The summed E-state index contributed by atoms with van der Waals surface area (Å²) in [6.07, 6.45) is 0. The molecule has 0 fully saturated rings. The van der Waals surface area contributed by atoms with Crippen LogP contribution >= 0.6 is 0 Å². The highest BCUT2D eigenvalue weighted by Crippen LogP contribution is 2.17. The summed E-state index contributed by atoms with van der Waals surface area (Å²) in [6.45, 7) is 6.72. The Hall–Kier alpha value is -1.38. The van der Waals surface area contributed by atoms with E-state index >= 15 is 0 Å². The van der Waals surface area contributed by atoms with Crippen LogP contribution in [-0.4, -0.2) is 26.8 Å². The lowest BCUT2D eigenvalue weighted by Crippen LogP contribution is -2.21. The van der Waals surface area contributed by atoms with Crippen molar-refractivity contribution in [2.45, 2.75) is 4.90 Å². The fourth-order valence-corrected chi connectivity index (χ4v) is 1.81. The Morgan fingerprint density at radius 3 is 2.07 bits per heavy atom. The fraction of sp³-hybridized carbons (Fsp3) is 0.222. The van der Waals surface area contributed by atoms with Crippen molar-refractivity contribution in [1.29, 1.82) is 0 Å². The number of sulfonamides is 1. The standard InChI is InChI=1S/C9H10N2O2S/c1-10-8-4-6-9(7-5-8)14(12,13)11(2)3/h4-7H,2-3H3. The third-order valence-corrected chi connectivity index (χ3v) is 3.57. The van der Waals surface area contributed by atoms with E-state index in [9.17, 15) is 8.42 Å². The van der Waals surface area contributed by atoms with E-state index < -0.39 is 10.0 Å². The van der Waals surface area contributed by atoms with Gasteiger partial charge in [0.15, 0.2) is 5.69 Å². The van der Waals surface area contributed by atoms with Crippen LogP contribution in [0.3, 0.4) is 0 Å². The molecule has 0 radical (unpaired) electrons. The van der Waals surface area contributed by atoms with Gasteiger partial charge in [0.2, 0.25) is 10.0 Å². The normalized spacial score (nSPS) is 11.3. The molecule has 0 aliphatic heterocycles. The molecule has 0 spiro atoms. The topological polar surface area (TPSA) is 41.7 Å². The SMILES string of the molecule is [C-]#[N+]c1ccc(S(=O)(=O)N(C)C)cc1. The van der Waals surface area contributed by atoms with Gasteiger partial charge in [-0.3, -0.25) is 0 Å². The molecule has 0 saturated carbocycles. The van der Waals surface area contributed by atoms with Gasteiger partial charge >= 0.3 is 0 Å². The highest BCUT2D eigenvalue weighted by atomic mass is 32.2. The van der Waals surface area contributed by atoms with Crippen molar-refractivity contribution in [3.8, 4) is 0 Å². The largest absolute Gasteiger partial charge is 0.242 e. The molecule has 4 nitrogen and oxygen atoms in total. The van der Waals surface area contributed by atoms with Gasteiger partial charge in [-0.2, -0.15) is 0 Å². The van der Waals surface area contributed by atoms with E-state index in [2.05, 4.69) is 4.85 Å². The number of hydrogen-bond acceptors (Lipinski definition) is 2. The molecule has 74 valence electrons. The zero-order valence-corrected chi connectivity index (χ0v) is 8.75. The van der Waals surface area contributed by atoms with E-state index in [1.807, 2.05) is 0 Å². The first kappa shape index (κ1) is 10.7. The molecule has 0 amide bonds. The molecule has 0 aromatic heterocycles. The average Bonchev–Trinajstić information content (AvgIpc) is 2.17. The molecule has 1 aromatic rings. The lowest BCUT2D eigenvalue weighted by Gasteiger charge is -2.10. The van der Waals surface area contributed by atoms with Crippen LogP contribution in [0.25, 0.3) is 4.85 Å². The highest BCUT2D eigenvalue weighted by Gasteiger charge is 2.16. The Balaban J connectivity index is 3.18. The lowest BCUT2D eigenvalue weighted by molar-refractivity contribution is 0.521. The van der Waals surface area contributed by atoms with Gasteiger partial charge in [0.25, 0.3) is 0 Å². The Bertz CT molecular complexity index is 455. The van der Waals surface area contributed by atoms with Crippen molar-refractivity contribution >= 4 is 15.7 Å². The molecule has 1 rings (SSSR count). The van der Waals surface area contributed by atoms with Crippen LogP contribution in [0.4, 0.5) is 5.69 Å². The minimum Gasteiger partial charge on any atom is -0.238 e. The third-order valence-electron chi connectivity index (χ3n) is 1.74. The fourth-order valence-electron chi connectivity index (χ4n) is 0.903. The average molecular weight is 210 g/mol. The Kier molecular flexibility index (Phi) is 2.89. The number of benzene rings is 1. The molecule has 1 aromatic carbocycles. The molecule has 5 heteroatoms. The number of nitrogens with zero attached hydrogens (tertiary/aromatic N) is 2. The first-order valence-corrected chi connectivity index (χ1v) is 5.32. The molecule has 0 unspecified atom stereocenters. The van der Waals surface area contributed by atoms with E-state index in [-0.39, 0.29) is 4.90 Å². The van der Waals surface area contributed by atoms with Crippen LogP contribution in [-0.2, 0) is 10.0 Å². The highest BCUT2D eigenvalue weighted by molar-refractivity contribution is 7.89. The summed E-state index contributed by atoms with van der Waals surface area (Å²) in [5, 5.41) is 0. The maximum Gasteiger partial charge on any atom is 0.242 e. The van der Waals surface area contributed by atoms with Crippen LogP contribution in [0.2, 0.25) is 0 Å². The van der Waals surface area contributed by atoms with Gasteiger partial charge in [-0.25, -0.2) is 17.6 Å². The first-order valence-electron chi connectivity index (χ1n) is 3.88. The number of rotatable bonds is 2. The van der Waals surface area contributed by atoms with Crippen LogP contribution in [0.15, 0.2) is 29.2 Å². The number of hydrogen-bond donors (Lipinski definition) is 0. The Morgan fingerprint density at radius 1 is 1.21 bits per heavy atom. The summed E-state index contributed by atoms with van der Waals surface area (Å²) in [6, 6.07) is 5.85. The molecule has 0 bridgehead atoms. The maximum absolute atomic E-state index is 11.6. The van der Waals surface area contributed by atoms with Crippen molar-refractivity contribution in [2.24, 2.45) is 0 Å². The van der Waals surface area contributed by atoms with Gasteiger partial charge in [-0.1, -0.05) is 24.3 Å². The quantitative estimate of drug-likeness (QED) is 0.694. The molecule has 14 heavy (non-hydrogen) atoms. The van der Waals surface area contributed by atoms with Gasteiger partial charge in [0.05, 0.1) is 11.5 Å². The predicted molar refractivity (Wildman–Crippen MR) is 53.6 cm³/mol. The van der Waals surface area contributed by atoms with Gasteiger partial charge in [-0.05, 0) is 0 Å². The summed E-state index contributed by atoms with van der Waals surface area (Å²) in [5.74, 6) is 0. The zero-order valence-electron chi connectivity index (χ0n) is 7.93. The van der Waals surface area contributed by atoms with Crippen molar-refractivity contribution < 1.29 is 8.42 Å². The van der Waals surface area contributed by atoms with E-state index in [0.717, 1.165) is 4.31 Å². The van der Waals surface area contributed by atoms with Gasteiger partial charge < -0.3 is 0 Å². The summed E-state index contributed by atoms with van der Waals surface area (Å²) in [5.41, 5.74) is 0.433. The minimum absolute atomic E-state index is 0.204. The monoisotopic (exact) mass is 210 g/mol. The Labute approximate surface area is 83.6 Å². The van der Waals surface area contributed by atoms with Crippen LogP contribution in [0.1, 0.15) is 0 Å². The van der Waals surface area contributed by atoms with E-state index in [0.29, 0.717) is 5.69 Å². The zero-order chi connectivity index (χ0) is 10.8.